The second-order valence-corrected chi connectivity index (χ2v) is 5.89. The summed E-state index contributed by atoms with van der Waals surface area (Å²) in [5.41, 5.74) is 0.694. The standard InChI is InChI=1S/C14H21N3O3/c1-11-15-12(9-19-11)8-17-6-3-4-14(5-7-17)10-16(2)13(18)20-14/h9H,3-8,10H2,1-2H3. The Kier molecular flexibility index (Phi) is 3.41. The molecule has 0 N–H and O–H groups in total. The van der Waals surface area contributed by atoms with Gasteiger partial charge in [-0.05, 0) is 19.4 Å². The van der Waals surface area contributed by atoms with E-state index in [4.69, 9.17) is 9.15 Å². The fourth-order valence-electron chi connectivity index (χ4n) is 3.14. The lowest BCUT2D eigenvalue weighted by atomic mass is 9.95. The van der Waals surface area contributed by atoms with Crippen molar-refractivity contribution in [2.75, 3.05) is 26.7 Å². The van der Waals surface area contributed by atoms with E-state index in [1.54, 1.807) is 18.2 Å². The van der Waals surface area contributed by atoms with Crippen molar-refractivity contribution >= 4 is 6.09 Å². The summed E-state index contributed by atoms with van der Waals surface area (Å²) in [6, 6.07) is 0. The number of carbonyl (C=O) groups excluding carboxylic acids is 1. The Hall–Kier alpha value is -1.56. The molecule has 0 aliphatic carbocycles. The molecule has 3 heterocycles. The molecule has 110 valence electrons. The molecule has 0 aromatic carbocycles. The zero-order chi connectivity index (χ0) is 14.2. The van der Waals surface area contributed by atoms with Crippen molar-refractivity contribution in [3.8, 4) is 0 Å². The predicted octanol–water partition coefficient (Wildman–Crippen LogP) is 1.79. The number of amides is 1. The third-order valence-corrected chi connectivity index (χ3v) is 4.18. The number of aryl methyl sites for hydroxylation is 1. The first-order valence-corrected chi connectivity index (χ1v) is 7.14. The number of hydrogen-bond donors (Lipinski definition) is 0. The first-order valence-electron chi connectivity index (χ1n) is 7.14. The van der Waals surface area contributed by atoms with Crippen molar-refractivity contribution in [3.63, 3.8) is 0 Å². The molecule has 20 heavy (non-hydrogen) atoms. The summed E-state index contributed by atoms with van der Waals surface area (Å²) >= 11 is 0. The number of hydrogen-bond acceptors (Lipinski definition) is 5. The second-order valence-electron chi connectivity index (χ2n) is 5.89. The molecule has 2 aliphatic rings. The van der Waals surface area contributed by atoms with Gasteiger partial charge in [0.2, 0.25) is 0 Å². The fourth-order valence-corrected chi connectivity index (χ4v) is 3.14. The molecule has 1 spiro atoms. The highest BCUT2D eigenvalue weighted by molar-refractivity contribution is 5.70. The Morgan fingerprint density at radius 2 is 2.25 bits per heavy atom. The quantitative estimate of drug-likeness (QED) is 0.826. The summed E-state index contributed by atoms with van der Waals surface area (Å²) in [6.07, 6.45) is 4.40. The minimum Gasteiger partial charge on any atom is -0.449 e. The van der Waals surface area contributed by atoms with E-state index < -0.39 is 0 Å². The van der Waals surface area contributed by atoms with Crippen LogP contribution in [0, 0.1) is 6.92 Å². The molecule has 1 unspecified atom stereocenters. The van der Waals surface area contributed by atoms with Crippen LogP contribution < -0.4 is 0 Å². The van der Waals surface area contributed by atoms with Gasteiger partial charge in [-0.3, -0.25) is 4.90 Å². The van der Waals surface area contributed by atoms with Crippen LogP contribution in [-0.2, 0) is 11.3 Å². The topological polar surface area (TPSA) is 58.8 Å². The molecule has 1 amide bonds. The van der Waals surface area contributed by atoms with Gasteiger partial charge in [0.1, 0.15) is 11.9 Å². The SMILES string of the molecule is Cc1nc(CN2CCCC3(CC2)CN(C)C(=O)O3)co1. The molecular weight excluding hydrogens is 258 g/mol. The first kappa shape index (κ1) is 13.4. The van der Waals surface area contributed by atoms with Crippen LogP contribution >= 0.6 is 0 Å². The number of likely N-dealkylation sites (N-methyl/N-ethyl adjacent to an activating group) is 1. The van der Waals surface area contributed by atoms with E-state index in [0.717, 1.165) is 44.6 Å². The van der Waals surface area contributed by atoms with E-state index in [1.165, 1.54) is 0 Å². The summed E-state index contributed by atoms with van der Waals surface area (Å²) in [5, 5.41) is 0. The van der Waals surface area contributed by atoms with Crippen molar-refractivity contribution in [2.45, 2.75) is 38.3 Å². The number of nitrogens with zero attached hydrogens (tertiary/aromatic N) is 3. The molecule has 0 radical (unpaired) electrons. The van der Waals surface area contributed by atoms with E-state index in [2.05, 4.69) is 9.88 Å². The molecule has 1 aromatic rings. The maximum absolute atomic E-state index is 11.6. The van der Waals surface area contributed by atoms with Gasteiger partial charge < -0.3 is 14.1 Å². The first-order chi connectivity index (χ1) is 9.56. The summed E-state index contributed by atoms with van der Waals surface area (Å²) < 4.78 is 10.9. The van der Waals surface area contributed by atoms with Gasteiger partial charge in [0.05, 0.1) is 12.2 Å². The van der Waals surface area contributed by atoms with Crippen LogP contribution in [0.2, 0.25) is 0 Å². The van der Waals surface area contributed by atoms with Crippen molar-refractivity contribution in [1.82, 2.24) is 14.8 Å². The molecule has 0 bridgehead atoms. The fraction of sp³-hybridized carbons (Fsp3) is 0.714. The molecular formula is C14H21N3O3. The lowest BCUT2D eigenvalue weighted by Gasteiger charge is -2.25. The molecule has 6 nitrogen and oxygen atoms in total. The molecule has 1 aromatic heterocycles. The average molecular weight is 279 g/mol. The number of rotatable bonds is 2. The van der Waals surface area contributed by atoms with Crippen molar-refractivity contribution < 1.29 is 13.9 Å². The van der Waals surface area contributed by atoms with Crippen LogP contribution in [0.1, 0.15) is 30.8 Å². The summed E-state index contributed by atoms with van der Waals surface area (Å²) in [5.74, 6) is 0.706. The van der Waals surface area contributed by atoms with Gasteiger partial charge in [-0.15, -0.1) is 0 Å². The lowest BCUT2D eigenvalue weighted by molar-refractivity contribution is 0.0442. The Morgan fingerprint density at radius 3 is 2.90 bits per heavy atom. The third kappa shape index (κ3) is 2.65. The smallest absolute Gasteiger partial charge is 0.410 e. The zero-order valence-corrected chi connectivity index (χ0v) is 12.1. The highest BCUT2D eigenvalue weighted by Crippen LogP contribution is 2.32. The van der Waals surface area contributed by atoms with Gasteiger partial charge in [0.25, 0.3) is 0 Å². The normalized spacial score (nSPS) is 27.9. The van der Waals surface area contributed by atoms with E-state index in [-0.39, 0.29) is 11.7 Å². The molecule has 6 heteroatoms. The van der Waals surface area contributed by atoms with Gasteiger partial charge in [-0.25, -0.2) is 9.78 Å². The maximum Gasteiger partial charge on any atom is 0.410 e. The minimum absolute atomic E-state index is 0.189. The van der Waals surface area contributed by atoms with Gasteiger partial charge in [0.15, 0.2) is 5.89 Å². The molecule has 2 aliphatic heterocycles. The van der Waals surface area contributed by atoms with Crippen molar-refractivity contribution in [1.29, 1.82) is 0 Å². The highest BCUT2D eigenvalue weighted by atomic mass is 16.6. The zero-order valence-electron chi connectivity index (χ0n) is 12.1. The largest absolute Gasteiger partial charge is 0.449 e. The Balaban J connectivity index is 1.61. The Labute approximate surface area is 118 Å². The summed E-state index contributed by atoms with van der Waals surface area (Å²) in [6.45, 7) is 5.30. The number of carbonyl (C=O) groups is 1. The third-order valence-electron chi connectivity index (χ3n) is 4.18. The van der Waals surface area contributed by atoms with E-state index in [9.17, 15) is 4.79 Å². The number of aromatic nitrogens is 1. The van der Waals surface area contributed by atoms with E-state index >= 15 is 0 Å². The van der Waals surface area contributed by atoms with E-state index in [1.807, 2.05) is 6.92 Å². The highest BCUT2D eigenvalue weighted by Gasteiger charge is 2.44. The number of likely N-dealkylation sites (tertiary alicyclic amines) is 1. The molecule has 2 saturated heterocycles. The average Bonchev–Trinajstić information content (AvgIpc) is 2.84. The molecule has 0 saturated carbocycles. The molecule has 1 atom stereocenters. The predicted molar refractivity (Wildman–Crippen MR) is 72.2 cm³/mol. The van der Waals surface area contributed by atoms with Gasteiger partial charge in [-0.2, -0.15) is 0 Å². The van der Waals surface area contributed by atoms with Gasteiger partial charge in [0, 0.05) is 33.5 Å². The van der Waals surface area contributed by atoms with Gasteiger partial charge in [-0.1, -0.05) is 0 Å². The van der Waals surface area contributed by atoms with Crippen LogP contribution in [-0.4, -0.2) is 53.2 Å². The summed E-state index contributed by atoms with van der Waals surface area (Å²) in [4.78, 5) is 20.0. The van der Waals surface area contributed by atoms with Crippen LogP contribution in [0.15, 0.2) is 10.7 Å². The maximum atomic E-state index is 11.6. The van der Waals surface area contributed by atoms with Crippen molar-refractivity contribution in [3.05, 3.63) is 17.8 Å². The monoisotopic (exact) mass is 279 g/mol. The number of oxazole rings is 1. The summed E-state index contributed by atoms with van der Waals surface area (Å²) in [7, 11) is 1.80. The lowest BCUT2D eigenvalue weighted by Crippen LogP contribution is -2.35. The van der Waals surface area contributed by atoms with Crippen molar-refractivity contribution in [2.24, 2.45) is 0 Å². The Bertz CT molecular complexity index is 502. The Morgan fingerprint density at radius 1 is 1.40 bits per heavy atom. The number of ether oxygens (including phenoxy) is 1. The molecule has 3 rings (SSSR count). The second kappa shape index (κ2) is 5.09. The minimum atomic E-state index is -0.277. The van der Waals surface area contributed by atoms with Crippen LogP contribution in [0.5, 0.6) is 0 Å². The van der Waals surface area contributed by atoms with Crippen LogP contribution in [0.3, 0.4) is 0 Å². The van der Waals surface area contributed by atoms with Crippen LogP contribution in [0.25, 0.3) is 0 Å². The molecule has 2 fully saturated rings. The van der Waals surface area contributed by atoms with Crippen LogP contribution in [0.4, 0.5) is 4.79 Å². The van der Waals surface area contributed by atoms with Gasteiger partial charge >= 0.3 is 6.09 Å². The van der Waals surface area contributed by atoms with E-state index in [0.29, 0.717) is 12.4 Å².